The Balaban J connectivity index is 1.50. The van der Waals surface area contributed by atoms with E-state index in [-0.39, 0.29) is 17.0 Å². The van der Waals surface area contributed by atoms with Crippen LogP contribution in [0.2, 0.25) is 0 Å². The number of halogens is 1. The minimum absolute atomic E-state index is 0.0771. The van der Waals surface area contributed by atoms with E-state index in [2.05, 4.69) is 24.0 Å². The van der Waals surface area contributed by atoms with Crippen molar-refractivity contribution < 1.29 is 19.1 Å². The summed E-state index contributed by atoms with van der Waals surface area (Å²) in [5, 5.41) is 10.2. The van der Waals surface area contributed by atoms with E-state index in [0.717, 1.165) is 30.1 Å². The lowest BCUT2D eigenvalue weighted by atomic mass is 9.87. The number of carboxylic acid groups (broad SMARTS) is 1. The van der Waals surface area contributed by atoms with Crippen LogP contribution in [0.5, 0.6) is 0 Å². The number of carboxylic acids is 1. The number of aromatic amines is 1. The molecule has 2 N–H and O–H groups in total. The number of benzene rings is 2. The first-order valence-corrected chi connectivity index (χ1v) is 9.35. The highest BCUT2D eigenvalue weighted by Crippen LogP contribution is 2.36. The number of H-pyrrole nitrogens is 1. The predicted molar refractivity (Wildman–Crippen MR) is 104 cm³/mol. The first-order chi connectivity index (χ1) is 13.5. The van der Waals surface area contributed by atoms with Gasteiger partial charge in [0.15, 0.2) is 0 Å². The van der Waals surface area contributed by atoms with Gasteiger partial charge in [-0.2, -0.15) is 0 Å². The lowest BCUT2D eigenvalue weighted by molar-refractivity contribution is 0.0686. The maximum Gasteiger partial charge on any atom is 0.335 e. The molecule has 0 atom stereocenters. The second-order valence-electron chi connectivity index (χ2n) is 7.28. The quantitative estimate of drug-likeness (QED) is 0.710. The number of rotatable bonds is 3. The molecule has 144 valence electrons. The number of piperidine rings is 1. The molecule has 2 aromatic carbocycles. The van der Waals surface area contributed by atoms with Crippen LogP contribution in [0.15, 0.2) is 42.5 Å². The molecule has 1 saturated heterocycles. The lowest BCUT2D eigenvalue weighted by Crippen LogP contribution is -2.38. The number of fused-ring (bicyclic) bond motifs is 1. The molecule has 1 aliphatic rings. The summed E-state index contributed by atoms with van der Waals surface area (Å²) in [5.41, 5.74) is 3.34. The fourth-order valence-corrected chi connectivity index (χ4v) is 4.19. The number of hydrogen-bond acceptors (Lipinski definition) is 2. The van der Waals surface area contributed by atoms with Crippen molar-refractivity contribution in [1.29, 1.82) is 0 Å². The van der Waals surface area contributed by atoms with Crippen LogP contribution < -0.4 is 0 Å². The zero-order chi connectivity index (χ0) is 19.8. The van der Waals surface area contributed by atoms with Gasteiger partial charge in [-0.15, -0.1) is 0 Å². The SMILES string of the molecule is Cc1[nH]c2ccccc2c1C1CCN(C(=O)c2ccc(C(=O)O)cc2F)CC1. The fourth-order valence-electron chi connectivity index (χ4n) is 4.19. The van der Waals surface area contributed by atoms with Crippen LogP contribution in [0, 0.1) is 12.7 Å². The number of likely N-dealkylation sites (tertiary alicyclic amines) is 1. The van der Waals surface area contributed by atoms with Crippen molar-refractivity contribution in [2.24, 2.45) is 0 Å². The second-order valence-corrected chi connectivity index (χ2v) is 7.28. The molecule has 0 spiro atoms. The third kappa shape index (κ3) is 3.15. The standard InChI is InChI=1S/C22H21FN2O3/c1-13-20(17-4-2-3-5-19(17)24-13)14-8-10-25(11-9-14)21(26)16-7-6-15(22(27)28)12-18(16)23/h2-7,12,14,24H,8-11H2,1H3,(H,27,28). The Hall–Kier alpha value is -3.15. The van der Waals surface area contributed by atoms with E-state index in [4.69, 9.17) is 5.11 Å². The normalized spacial score (nSPS) is 15.1. The number of aryl methyl sites for hydroxylation is 1. The van der Waals surface area contributed by atoms with E-state index in [1.165, 1.54) is 23.1 Å². The molecule has 1 aromatic heterocycles. The first-order valence-electron chi connectivity index (χ1n) is 9.35. The van der Waals surface area contributed by atoms with Crippen LogP contribution in [0.3, 0.4) is 0 Å². The Morgan fingerprint density at radius 1 is 1.14 bits per heavy atom. The third-order valence-corrected chi connectivity index (χ3v) is 5.58. The van der Waals surface area contributed by atoms with Crippen molar-refractivity contribution in [3.05, 3.63) is 70.7 Å². The molecule has 0 radical (unpaired) electrons. The molecule has 4 rings (SSSR count). The number of nitrogens with one attached hydrogen (secondary N) is 1. The van der Waals surface area contributed by atoms with Gasteiger partial charge in [0.25, 0.3) is 5.91 Å². The summed E-state index contributed by atoms with van der Waals surface area (Å²) in [6.07, 6.45) is 1.62. The van der Waals surface area contributed by atoms with E-state index in [9.17, 15) is 14.0 Å². The average Bonchev–Trinajstić information content (AvgIpc) is 3.03. The molecular weight excluding hydrogens is 359 g/mol. The molecule has 0 unspecified atom stereocenters. The van der Waals surface area contributed by atoms with E-state index in [1.54, 1.807) is 4.90 Å². The van der Waals surface area contributed by atoms with Gasteiger partial charge in [0.05, 0.1) is 11.1 Å². The van der Waals surface area contributed by atoms with Crippen LogP contribution in [-0.4, -0.2) is 40.0 Å². The van der Waals surface area contributed by atoms with Gasteiger partial charge < -0.3 is 15.0 Å². The van der Waals surface area contributed by atoms with Gasteiger partial charge >= 0.3 is 5.97 Å². The summed E-state index contributed by atoms with van der Waals surface area (Å²) >= 11 is 0. The highest BCUT2D eigenvalue weighted by atomic mass is 19.1. The van der Waals surface area contributed by atoms with Crippen molar-refractivity contribution in [1.82, 2.24) is 9.88 Å². The summed E-state index contributed by atoms with van der Waals surface area (Å²) < 4.78 is 14.2. The Bertz CT molecular complexity index is 1060. The van der Waals surface area contributed by atoms with Crippen LogP contribution >= 0.6 is 0 Å². The fraction of sp³-hybridized carbons (Fsp3) is 0.273. The first kappa shape index (κ1) is 18.2. The van der Waals surface area contributed by atoms with E-state index in [1.807, 2.05) is 12.1 Å². The summed E-state index contributed by atoms with van der Waals surface area (Å²) in [5.74, 6) is -2.05. The molecule has 1 amide bonds. The average molecular weight is 380 g/mol. The summed E-state index contributed by atoms with van der Waals surface area (Å²) in [6.45, 7) is 3.16. The van der Waals surface area contributed by atoms with Crippen LogP contribution in [0.4, 0.5) is 4.39 Å². The lowest BCUT2D eigenvalue weighted by Gasteiger charge is -2.32. The number of hydrogen-bond donors (Lipinski definition) is 2. The zero-order valence-corrected chi connectivity index (χ0v) is 15.5. The molecule has 0 aliphatic carbocycles. The number of carbonyl (C=O) groups is 2. The predicted octanol–water partition coefficient (Wildman–Crippen LogP) is 4.33. The van der Waals surface area contributed by atoms with Gasteiger partial charge in [0.2, 0.25) is 0 Å². The van der Waals surface area contributed by atoms with Gasteiger partial charge in [-0.3, -0.25) is 4.79 Å². The van der Waals surface area contributed by atoms with Crippen LogP contribution in [0.1, 0.15) is 50.7 Å². The molecule has 0 saturated carbocycles. The van der Waals surface area contributed by atoms with Gasteiger partial charge in [-0.05, 0) is 55.5 Å². The molecule has 0 bridgehead atoms. The zero-order valence-electron chi connectivity index (χ0n) is 15.5. The monoisotopic (exact) mass is 380 g/mol. The van der Waals surface area contributed by atoms with Crippen LogP contribution in [0.25, 0.3) is 10.9 Å². The number of amides is 1. The molecule has 1 fully saturated rings. The van der Waals surface area contributed by atoms with Crippen molar-refractivity contribution in [3.8, 4) is 0 Å². The largest absolute Gasteiger partial charge is 0.478 e. The van der Waals surface area contributed by atoms with E-state index in [0.29, 0.717) is 19.0 Å². The Morgan fingerprint density at radius 2 is 1.86 bits per heavy atom. The summed E-state index contributed by atoms with van der Waals surface area (Å²) in [6, 6.07) is 11.6. The highest BCUT2D eigenvalue weighted by Gasteiger charge is 2.28. The third-order valence-electron chi connectivity index (χ3n) is 5.58. The van der Waals surface area contributed by atoms with Crippen molar-refractivity contribution in [2.75, 3.05) is 13.1 Å². The number of nitrogens with zero attached hydrogens (tertiary/aromatic N) is 1. The molecule has 2 heterocycles. The minimum Gasteiger partial charge on any atom is -0.478 e. The van der Waals surface area contributed by atoms with E-state index < -0.39 is 11.8 Å². The Labute approximate surface area is 161 Å². The summed E-state index contributed by atoms with van der Waals surface area (Å²) in [4.78, 5) is 28.7. The van der Waals surface area contributed by atoms with Crippen LogP contribution in [-0.2, 0) is 0 Å². The molecule has 6 heteroatoms. The van der Waals surface area contributed by atoms with Crippen molar-refractivity contribution in [2.45, 2.75) is 25.7 Å². The molecule has 5 nitrogen and oxygen atoms in total. The molecule has 3 aromatic rings. The number of aromatic nitrogens is 1. The van der Waals surface area contributed by atoms with Gasteiger partial charge in [-0.25, -0.2) is 9.18 Å². The molecule has 28 heavy (non-hydrogen) atoms. The van der Waals surface area contributed by atoms with Crippen molar-refractivity contribution >= 4 is 22.8 Å². The number of aromatic carboxylic acids is 1. The summed E-state index contributed by atoms with van der Waals surface area (Å²) in [7, 11) is 0. The highest BCUT2D eigenvalue weighted by molar-refractivity contribution is 5.96. The van der Waals surface area contributed by atoms with Gasteiger partial charge in [0.1, 0.15) is 5.82 Å². The Kier molecular flexibility index (Phi) is 4.63. The van der Waals surface area contributed by atoms with Gasteiger partial charge in [0, 0.05) is 29.7 Å². The topological polar surface area (TPSA) is 73.4 Å². The molecule has 1 aliphatic heterocycles. The Morgan fingerprint density at radius 3 is 2.54 bits per heavy atom. The van der Waals surface area contributed by atoms with Gasteiger partial charge in [-0.1, -0.05) is 18.2 Å². The number of carbonyl (C=O) groups excluding carboxylic acids is 1. The smallest absolute Gasteiger partial charge is 0.335 e. The minimum atomic E-state index is -1.21. The maximum absolute atomic E-state index is 14.2. The number of para-hydroxylation sites is 1. The maximum atomic E-state index is 14.2. The van der Waals surface area contributed by atoms with Crippen molar-refractivity contribution in [3.63, 3.8) is 0 Å². The second kappa shape index (κ2) is 7.11. The molecular formula is C22H21FN2O3. The van der Waals surface area contributed by atoms with E-state index >= 15 is 0 Å².